The molecule has 2 aliphatic heterocycles. The second kappa shape index (κ2) is 9.07. The van der Waals surface area contributed by atoms with Crippen LogP contribution in [0.5, 0.6) is 5.75 Å². The summed E-state index contributed by atoms with van der Waals surface area (Å²) >= 11 is 0. The second-order valence-corrected chi connectivity index (χ2v) is 11.7. The van der Waals surface area contributed by atoms with Crippen LogP contribution < -0.4 is 4.74 Å². The van der Waals surface area contributed by atoms with Gasteiger partial charge in [-0.05, 0) is 49.9 Å². The zero-order valence-corrected chi connectivity index (χ0v) is 21.3. The van der Waals surface area contributed by atoms with Crippen LogP contribution in [0.1, 0.15) is 40.3 Å². The number of aryl methyl sites for hydroxylation is 2. The van der Waals surface area contributed by atoms with E-state index in [1.54, 1.807) is 38.0 Å². The summed E-state index contributed by atoms with van der Waals surface area (Å²) in [5.41, 5.74) is 1.33. The molecule has 11 nitrogen and oxygen atoms in total. The van der Waals surface area contributed by atoms with Gasteiger partial charge in [0, 0.05) is 44.1 Å². The number of ether oxygens (including phenoxy) is 1. The van der Waals surface area contributed by atoms with Gasteiger partial charge in [0.05, 0.1) is 18.6 Å². The molecule has 2 saturated heterocycles. The fraction of sp³-hybridized carbons (Fsp3) is 0.542. The van der Waals surface area contributed by atoms with Crippen LogP contribution in [-0.2, 0) is 16.6 Å². The zero-order chi connectivity index (χ0) is 25.8. The van der Waals surface area contributed by atoms with E-state index in [-0.39, 0.29) is 46.8 Å². The van der Waals surface area contributed by atoms with E-state index in [1.807, 2.05) is 0 Å². The molecule has 194 valence electrons. The molecule has 3 heterocycles. The van der Waals surface area contributed by atoms with E-state index in [4.69, 9.17) is 9.15 Å². The number of hydrogen-bond donors (Lipinski definition) is 1. The maximum Gasteiger partial charge on any atom is 0.407 e. The molecule has 1 aromatic carbocycles. The van der Waals surface area contributed by atoms with Crippen molar-refractivity contribution in [1.29, 1.82) is 0 Å². The Hall–Kier alpha value is -3.12. The summed E-state index contributed by atoms with van der Waals surface area (Å²) in [6.07, 6.45) is 1.85. The number of methoxy groups -OCH3 is 1. The molecule has 1 saturated carbocycles. The van der Waals surface area contributed by atoms with E-state index in [9.17, 15) is 23.1 Å². The normalized spacial score (nSPS) is 21.8. The molecule has 2 atom stereocenters. The van der Waals surface area contributed by atoms with Crippen LogP contribution in [0, 0.1) is 25.7 Å². The average molecular weight is 519 g/mol. The summed E-state index contributed by atoms with van der Waals surface area (Å²) in [5.74, 6) is 0.698. The predicted molar refractivity (Wildman–Crippen MR) is 127 cm³/mol. The van der Waals surface area contributed by atoms with E-state index in [2.05, 4.69) is 4.98 Å². The summed E-state index contributed by atoms with van der Waals surface area (Å²) in [7, 11) is -2.30. The van der Waals surface area contributed by atoms with Gasteiger partial charge in [0.15, 0.2) is 5.69 Å². The molecule has 0 radical (unpaired) electrons. The lowest BCUT2D eigenvalue weighted by molar-refractivity contribution is 0.0768. The van der Waals surface area contributed by atoms with Crippen molar-refractivity contribution < 1.29 is 32.3 Å². The molecule has 5 rings (SSSR count). The van der Waals surface area contributed by atoms with Crippen molar-refractivity contribution in [3.8, 4) is 5.75 Å². The number of nitrogens with zero attached hydrogens (tertiary/aromatic N) is 4. The molecule has 3 aliphatic rings. The third-order valence-electron chi connectivity index (χ3n) is 7.30. The number of likely N-dealkylation sites (tertiary alicyclic amines) is 2. The number of oxazole rings is 1. The first kappa shape index (κ1) is 24.6. The number of fused-ring (bicyclic) bond motifs is 1. The van der Waals surface area contributed by atoms with E-state index < -0.39 is 16.1 Å². The molecule has 2 unspecified atom stereocenters. The number of rotatable bonds is 7. The summed E-state index contributed by atoms with van der Waals surface area (Å²) in [6, 6.07) is 3.26. The van der Waals surface area contributed by atoms with Crippen molar-refractivity contribution in [2.45, 2.75) is 44.2 Å². The summed E-state index contributed by atoms with van der Waals surface area (Å²) in [6.45, 7) is 5.21. The van der Waals surface area contributed by atoms with Crippen LogP contribution in [0.15, 0.2) is 27.7 Å². The molecular formula is C24H30N4O7S. The largest absolute Gasteiger partial charge is 0.497 e. The van der Waals surface area contributed by atoms with Gasteiger partial charge in [0.25, 0.3) is 5.91 Å². The minimum absolute atomic E-state index is 0.0655. The van der Waals surface area contributed by atoms with Crippen LogP contribution in [0.2, 0.25) is 0 Å². The van der Waals surface area contributed by atoms with Crippen molar-refractivity contribution in [3.63, 3.8) is 0 Å². The predicted octanol–water partition coefficient (Wildman–Crippen LogP) is 2.34. The average Bonchev–Trinajstić information content (AvgIpc) is 3.21. The molecule has 1 N–H and O–H groups in total. The fourth-order valence-corrected chi connectivity index (χ4v) is 7.47. The number of carbonyl (C=O) groups excluding carboxylic acids is 1. The van der Waals surface area contributed by atoms with Crippen LogP contribution >= 0.6 is 0 Å². The number of amides is 2. The van der Waals surface area contributed by atoms with Gasteiger partial charge in [-0.25, -0.2) is 18.2 Å². The highest BCUT2D eigenvalue weighted by molar-refractivity contribution is 7.89. The zero-order valence-electron chi connectivity index (χ0n) is 20.5. The molecular weight excluding hydrogens is 488 g/mol. The second-order valence-electron chi connectivity index (χ2n) is 9.92. The fourth-order valence-electron chi connectivity index (χ4n) is 5.42. The molecule has 0 bridgehead atoms. The lowest BCUT2D eigenvalue weighted by atomic mass is 10.0. The summed E-state index contributed by atoms with van der Waals surface area (Å²) < 4.78 is 39.6. The molecule has 12 heteroatoms. The number of benzene rings is 1. The Balaban J connectivity index is 1.31. The first-order valence-corrected chi connectivity index (χ1v) is 13.4. The Kier molecular flexibility index (Phi) is 6.19. The smallest absolute Gasteiger partial charge is 0.407 e. The minimum Gasteiger partial charge on any atom is -0.497 e. The highest BCUT2D eigenvalue weighted by Gasteiger charge is 2.44. The van der Waals surface area contributed by atoms with Gasteiger partial charge in [-0.1, -0.05) is 0 Å². The van der Waals surface area contributed by atoms with Crippen molar-refractivity contribution in [3.05, 3.63) is 41.1 Å². The van der Waals surface area contributed by atoms with Crippen LogP contribution in [0.3, 0.4) is 0 Å². The number of carboxylic acid groups (broad SMARTS) is 1. The first-order chi connectivity index (χ1) is 17.1. The Morgan fingerprint density at radius 3 is 2.22 bits per heavy atom. The summed E-state index contributed by atoms with van der Waals surface area (Å²) in [4.78, 5) is 31.9. The molecule has 1 aromatic heterocycles. The van der Waals surface area contributed by atoms with Gasteiger partial charge in [0.2, 0.25) is 15.9 Å². The van der Waals surface area contributed by atoms with E-state index >= 15 is 0 Å². The Labute approximate surface area is 209 Å². The third kappa shape index (κ3) is 4.43. The van der Waals surface area contributed by atoms with E-state index in [0.717, 1.165) is 12.8 Å². The van der Waals surface area contributed by atoms with Crippen molar-refractivity contribution in [2.75, 3.05) is 33.3 Å². The standard InChI is InChI=1S/C24H30N4O7S/c1-14-6-19(34-3)7-15(2)22(14)36(32,33)28(18-4-5-18)12-21-25-20(13-35-21)23(29)26-8-16-10-27(24(30)31)11-17(16)9-26/h6-7,13,16-18H,4-5,8-12H2,1-3H3,(H,30,31). The minimum atomic E-state index is -3.84. The Morgan fingerprint density at radius 2 is 1.69 bits per heavy atom. The lowest BCUT2D eigenvalue weighted by Crippen LogP contribution is -2.35. The first-order valence-electron chi connectivity index (χ1n) is 12.0. The van der Waals surface area contributed by atoms with Gasteiger partial charge in [0.1, 0.15) is 12.0 Å². The van der Waals surface area contributed by atoms with Gasteiger partial charge in [-0.3, -0.25) is 4.79 Å². The van der Waals surface area contributed by atoms with Crippen LogP contribution in [-0.4, -0.2) is 83.9 Å². The highest BCUT2D eigenvalue weighted by Crippen LogP contribution is 2.37. The monoisotopic (exact) mass is 518 g/mol. The van der Waals surface area contributed by atoms with Gasteiger partial charge in [-0.2, -0.15) is 4.31 Å². The maximum absolute atomic E-state index is 13.7. The maximum atomic E-state index is 13.7. The van der Waals surface area contributed by atoms with Gasteiger partial charge in [-0.15, -0.1) is 0 Å². The molecule has 36 heavy (non-hydrogen) atoms. The summed E-state index contributed by atoms with van der Waals surface area (Å²) in [5, 5.41) is 9.19. The van der Waals surface area contributed by atoms with Crippen molar-refractivity contribution in [2.24, 2.45) is 11.8 Å². The van der Waals surface area contributed by atoms with Crippen LogP contribution in [0.4, 0.5) is 4.79 Å². The number of aromatic nitrogens is 1. The van der Waals surface area contributed by atoms with Gasteiger partial charge < -0.3 is 24.1 Å². The van der Waals surface area contributed by atoms with Crippen molar-refractivity contribution in [1.82, 2.24) is 19.1 Å². The number of sulfonamides is 1. The topological polar surface area (TPSA) is 133 Å². The molecule has 2 amide bonds. The SMILES string of the molecule is COc1cc(C)c(S(=O)(=O)N(Cc2nc(C(=O)N3CC4CN(C(=O)O)CC4C3)co2)C2CC2)c(C)c1. The van der Waals surface area contributed by atoms with E-state index in [0.29, 0.717) is 43.1 Å². The van der Waals surface area contributed by atoms with Crippen molar-refractivity contribution >= 4 is 22.0 Å². The number of carbonyl (C=O) groups is 2. The van der Waals surface area contributed by atoms with Crippen LogP contribution in [0.25, 0.3) is 0 Å². The molecule has 2 aromatic rings. The quantitative estimate of drug-likeness (QED) is 0.590. The van der Waals surface area contributed by atoms with E-state index in [1.165, 1.54) is 15.5 Å². The Morgan fingerprint density at radius 1 is 1.11 bits per heavy atom. The Bertz CT molecular complexity index is 1270. The molecule has 1 aliphatic carbocycles. The highest BCUT2D eigenvalue weighted by atomic mass is 32.2. The number of hydrogen-bond acceptors (Lipinski definition) is 7. The van der Waals surface area contributed by atoms with Gasteiger partial charge >= 0.3 is 6.09 Å². The third-order valence-corrected chi connectivity index (χ3v) is 9.50. The molecule has 0 spiro atoms. The molecule has 3 fully saturated rings. The lowest BCUT2D eigenvalue weighted by Gasteiger charge is -2.23.